The SMILES string of the molecule is CC(C)CCC1CC(C(C)(C)C)CCC1CN. The van der Waals surface area contributed by atoms with Crippen molar-refractivity contribution < 1.29 is 0 Å². The van der Waals surface area contributed by atoms with Gasteiger partial charge in [-0.05, 0) is 61.3 Å². The molecule has 0 aliphatic heterocycles. The average molecular weight is 239 g/mol. The molecular formula is C16H33N. The lowest BCUT2D eigenvalue weighted by Gasteiger charge is -2.42. The fraction of sp³-hybridized carbons (Fsp3) is 1.00. The Bertz CT molecular complexity index is 214. The van der Waals surface area contributed by atoms with E-state index in [1.54, 1.807) is 0 Å². The molecule has 1 nitrogen and oxygen atoms in total. The van der Waals surface area contributed by atoms with Gasteiger partial charge in [-0.3, -0.25) is 0 Å². The maximum Gasteiger partial charge on any atom is -0.00462 e. The Morgan fingerprint density at radius 2 is 1.76 bits per heavy atom. The van der Waals surface area contributed by atoms with E-state index in [1.165, 1.54) is 32.1 Å². The first kappa shape index (κ1) is 15.0. The summed E-state index contributed by atoms with van der Waals surface area (Å²) in [6, 6.07) is 0. The molecule has 0 saturated heterocycles. The molecule has 3 unspecified atom stereocenters. The summed E-state index contributed by atoms with van der Waals surface area (Å²) in [5.74, 6) is 3.43. The quantitative estimate of drug-likeness (QED) is 0.770. The van der Waals surface area contributed by atoms with Gasteiger partial charge >= 0.3 is 0 Å². The van der Waals surface area contributed by atoms with E-state index in [0.717, 1.165) is 30.2 Å². The highest BCUT2D eigenvalue weighted by molar-refractivity contribution is 4.86. The third-order valence-corrected chi connectivity index (χ3v) is 4.78. The van der Waals surface area contributed by atoms with Crippen LogP contribution in [0, 0.1) is 29.1 Å². The van der Waals surface area contributed by atoms with Crippen LogP contribution in [0.2, 0.25) is 0 Å². The first-order valence-electron chi connectivity index (χ1n) is 7.54. The van der Waals surface area contributed by atoms with Crippen LogP contribution in [0.5, 0.6) is 0 Å². The van der Waals surface area contributed by atoms with Crippen LogP contribution in [0.25, 0.3) is 0 Å². The molecule has 1 saturated carbocycles. The van der Waals surface area contributed by atoms with Crippen LogP contribution >= 0.6 is 0 Å². The summed E-state index contributed by atoms with van der Waals surface area (Å²) in [4.78, 5) is 0. The predicted octanol–water partition coefficient (Wildman–Crippen LogP) is 4.46. The highest BCUT2D eigenvalue weighted by Crippen LogP contribution is 2.44. The van der Waals surface area contributed by atoms with E-state index >= 15 is 0 Å². The minimum Gasteiger partial charge on any atom is -0.330 e. The second kappa shape index (κ2) is 6.22. The third-order valence-electron chi connectivity index (χ3n) is 4.78. The smallest absolute Gasteiger partial charge is 0.00462 e. The molecule has 0 radical (unpaired) electrons. The van der Waals surface area contributed by atoms with E-state index in [-0.39, 0.29) is 0 Å². The molecule has 1 aliphatic carbocycles. The Kier molecular flexibility index (Phi) is 5.50. The van der Waals surface area contributed by atoms with Gasteiger partial charge in [0, 0.05) is 0 Å². The van der Waals surface area contributed by atoms with Crippen LogP contribution in [0.1, 0.15) is 66.7 Å². The highest BCUT2D eigenvalue weighted by atomic mass is 14.6. The lowest BCUT2D eigenvalue weighted by atomic mass is 9.64. The number of hydrogen-bond donors (Lipinski definition) is 1. The van der Waals surface area contributed by atoms with E-state index in [9.17, 15) is 0 Å². The van der Waals surface area contributed by atoms with Crippen molar-refractivity contribution in [2.45, 2.75) is 66.7 Å². The van der Waals surface area contributed by atoms with Gasteiger partial charge in [-0.15, -0.1) is 0 Å². The van der Waals surface area contributed by atoms with Gasteiger partial charge < -0.3 is 5.73 Å². The minimum atomic E-state index is 0.482. The zero-order valence-electron chi connectivity index (χ0n) is 12.6. The summed E-state index contributed by atoms with van der Waals surface area (Å²) in [7, 11) is 0. The number of nitrogens with two attached hydrogens (primary N) is 1. The van der Waals surface area contributed by atoms with Gasteiger partial charge in [-0.1, -0.05) is 41.0 Å². The third kappa shape index (κ3) is 4.62. The van der Waals surface area contributed by atoms with Gasteiger partial charge in [-0.2, -0.15) is 0 Å². The van der Waals surface area contributed by atoms with Crippen molar-refractivity contribution in [3.8, 4) is 0 Å². The van der Waals surface area contributed by atoms with Crippen molar-refractivity contribution in [1.82, 2.24) is 0 Å². The molecule has 0 spiro atoms. The van der Waals surface area contributed by atoms with E-state index in [1.807, 2.05) is 0 Å². The highest BCUT2D eigenvalue weighted by Gasteiger charge is 2.34. The van der Waals surface area contributed by atoms with Crippen LogP contribution in [-0.4, -0.2) is 6.54 Å². The van der Waals surface area contributed by atoms with Crippen molar-refractivity contribution >= 4 is 0 Å². The van der Waals surface area contributed by atoms with E-state index in [0.29, 0.717) is 5.41 Å². The fourth-order valence-corrected chi connectivity index (χ4v) is 3.32. The van der Waals surface area contributed by atoms with Crippen LogP contribution in [-0.2, 0) is 0 Å². The standard InChI is InChI=1S/C16H33N/c1-12(2)6-7-13-10-15(16(3,4)5)9-8-14(13)11-17/h12-15H,6-11,17H2,1-5H3. The fourth-order valence-electron chi connectivity index (χ4n) is 3.32. The number of hydrogen-bond acceptors (Lipinski definition) is 1. The molecule has 0 bridgehead atoms. The maximum absolute atomic E-state index is 5.95. The molecule has 0 heterocycles. The minimum absolute atomic E-state index is 0.482. The largest absolute Gasteiger partial charge is 0.330 e. The van der Waals surface area contributed by atoms with Gasteiger partial charge in [0.05, 0.1) is 0 Å². The first-order valence-corrected chi connectivity index (χ1v) is 7.54. The topological polar surface area (TPSA) is 26.0 Å². The number of rotatable bonds is 4. The normalized spacial score (nSPS) is 30.9. The zero-order valence-corrected chi connectivity index (χ0v) is 12.6. The van der Waals surface area contributed by atoms with Gasteiger partial charge in [0.1, 0.15) is 0 Å². The predicted molar refractivity (Wildman–Crippen MR) is 76.9 cm³/mol. The molecule has 2 N–H and O–H groups in total. The van der Waals surface area contributed by atoms with Gasteiger partial charge in [0.2, 0.25) is 0 Å². The Labute approximate surface area is 109 Å². The Hall–Kier alpha value is -0.0400. The molecule has 0 amide bonds. The Balaban J connectivity index is 2.55. The van der Waals surface area contributed by atoms with Gasteiger partial charge in [0.25, 0.3) is 0 Å². The molecule has 1 aliphatic rings. The van der Waals surface area contributed by atoms with Crippen molar-refractivity contribution in [3.05, 3.63) is 0 Å². The van der Waals surface area contributed by atoms with Gasteiger partial charge in [-0.25, -0.2) is 0 Å². The molecule has 1 heteroatoms. The summed E-state index contributed by atoms with van der Waals surface area (Å²) in [6.45, 7) is 12.8. The summed E-state index contributed by atoms with van der Waals surface area (Å²) < 4.78 is 0. The van der Waals surface area contributed by atoms with Crippen molar-refractivity contribution in [3.63, 3.8) is 0 Å². The molecule has 3 atom stereocenters. The van der Waals surface area contributed by atoms with Crippen molar-refractivity contribution in [2.24, 2.45) is 34.8 Å². The van der Waals surface area contributed by atoms with Crippen molar-refractivity contribution in [1.29, 1.82) is 0 Å². The van der Waals surface area contributed by atoms with E-state index in [2.05, 4.69) is 34.6 Å². The Morgan fingerprint density at radius 3 is 2.24 bits per heavy atom. The molecule has 0 aromatic carbocycles. The second-order valence-electron chi connectivity index (χ2n) is 7.60. The molecule has 17 heavy (non-hydrogen) atoms. The lowest BCUT2D eigenvalue weighted by molar-refractivity contribution is 0.0934. The molecular weight excluding hydrogens is 206 g/mol. The summed E-state index contributed by atoms with van der Waals surface area (Å²) in [5, 5.41) is 0. The average Bonchev–Trinajstić information content (AvgIpc) is 2.24. The zero-order chi connectivity index (χ0) is 13.1. The second-order valence-corrected chi connectivity index (χ2v) is 7.60. The lowest BCUT2D eigenvalue weighted by Crippen LogP contribution is -2.35. The van der Waals surface area contributed by atoms with Crippen LogP contribution in [0.4, 0.5) is 0 Å². The first-order chi connectivity index (χ1) is 7.84. The Morgan fingerprint density at radius 1 is 1.12 bits per heavy atom. The van der Waals surface area contributed by atoms with Gasteiger partial charge in [0.15, 0.2) is 0 Å². The van der Waals surface area contributed by atoms with E-state index in [4.69, 9.17) is 5.73 Å². The van der Waals surface area contributed by atoms with Crippen molar-refractivity contribution in [2.75, 3.05) is 6.54 Å². The monoisotopic (exact) mass is 239 g/mol. The van der Waals surface area contributed by atoms with Crippen LogP contribution in [0.3, 0.4) is 0 Å². The molecule has 1 rings (SSSR count). The summed E-state index contributed by atoms with van der Waals surface area (Å²) >= 11 is 0. The maximum atomic E-state index is 5.95. The molecule has 102 valence electrons. The van der Waals surface area contributed by atoms with E-state index < -0.39 is 0 Å². The van der Waals surface area contributed by atoms with Crippen LogP contribution < -0.4 is 5.73 Å². The molecule has 0 aromatic heterocycles. The molecule has 0 aromatic rings. The summed E-state index contributed by atoms with van der Waals surface area (Å²) in [6.07, 6.45) is 6.94. The molecule has 1 fully saturated rings. The summed E-state index contributed by atoms with van der Waals surface area (Å²) in [5.41, 5.74) is 6.44. The van der Waals surface area contributed by atoms with Crippen LogP contribution in [0.15, 0.2) is 0 Å².